The van der Waals surface area contributed by atoms with Crippen molar-refractivity contribution in [2.75, 3.05) is 13.9 Å². The summed E-state index contributed by atoms with van der Waals surface area (Å²) < 4.78 is 27.4. The van der Waals surface area contributed by atoms with Crippen molar-refractivity contribution in [2.24, 2.45) is 0 Å². The summed E-state index contributed by atoms with van der Waals surface area (Å²) in [7, 11) is -2.23. The number of rotatable bonds is 9. The molecule has 0 fully saturated rings. The van der Waals surface area contributed by atoms with Crippen molar-refractivity contribution in [3.8, 4) is 11.5 Å². The zero-order valence-corrected chi connectivity index (χ0v) is 14.2. The first kappa shape index (κ1) is 17.7. The Balaban J connectivity index is 2.16. The topological polar surface area (TPSA) is 63.2 Å². The van der Waals surface area contributed by atoms with Crippen molar-refractivity contribution >= 4 is 15.0 Å². The zero-order valence-electron chi connectivity index (χ0n) is 13.2. The van der Waals surface area contributed by atoms with E-state index in [1.807, 2.05) is 36.4 Å². The fraction of sp³-hybridized carbons (Fsp3) is 0.118. The Hall–Kier alpha value is -2.61. The van der Waals surface area contributed by atoms with Crippen LogP contribution in [0, 0.1) is 0 Å². The minimum absolute atomic E-state index is 0.384. The third-order valence-corrected chi connectivity index (χ3v) is 4.77. The summed E-state index contributed by atoms with van der Waals surface area (Å²) in [6, 6.07) is 17.9. The molecule has 0 aromatic heterocycles. The summed E-state index contributed by atoms with van der Waals surface area (Å²) in [6.07, 6.45) is 1.04. The summed E-state index contributed by atoms with van der Waals surface area (Å²) >= 11 is 0. The van der Waals surface area contributed by atoms with E-state index in [1.165, 1.54) is 7.11 Å². The van der Waals surface area contributed by atoms with Gasteiger partial charge in [-0.1, -0.05) is 43.0 Å². The van der Waals surface area contributed by atoms with E-state index in [0.717, 1.165) is 6.08 Å². The maximum absolute atomic E-state index is 11.2. The molecule has 0 aliphatic rings. The Morgan fingerprint density at radius 3 is 1.92 bits per heavy atom. The molecule has 2 aromatic rings. The Bertz CT molecular complexity index is 605. The first-order valence-electron chi connectivity index (χ1n) is 7.14. The molecule has 0 radical (unpaired) electrons. The van der Waals surface area contributed by atoms with Crippen molar-refractivity contribution in [3.05, 3.63) is 73.3 Å². The van der Waals surface area contributed by atoms with Crippen molar-refractivity contribution in [1.29, 1.82) is 0 Å². The van der Waals surface area contributed by atoms with Gasteiger partial charge in [-0.25, -0.2) is 4.79 Å². The summed E-state index contributed by atoms with van der Waals surface area (Å²) in [6.45, 7) is 2.93. The van der Waals surface area contributed by atoms with Crippen LogP contribution in [0.25, 0.3) is 0 Å². The molecule has 7 heteroatoms. The smallest absolute Gasteiger partial charge is 0.471 e. The highest BCUT2D eigenvalue weighted by Crippen LogP contribution is 2.21. The third kappa shape index (κ3) is 5.23. The van der Waals surface area contributed by atoms with Gasteiger partial charge in [0.2, 0.25) is 0 Å². The van der Waals surface area contributed by atoms with Crippen LogP contribution in [0.2, 0.25) is 0 Å². The standard InChI is InChI=1S/C17H18O6Si/c1-3-17(18)20-14-21-24(19-2,22-15-10-6-4-7-11-15)23-16-12-8-5-9-13-16/h3-13H,1,14H2,2H3. The number of para-hydroxylation sites is 2. The average molecular weight is 346 g/mol. The quantitative estimate of drug-likeness (QED) is 0.301. The van der Waals surface area contributed by atoms with E-state index >= 15 is 0 Å². The minimum atomic E-state index is -3.64. The van der Waals surface area contributed by atoms with Gasteiger partial charge in [0.15, 0.2) is 6.79 Å². The Labute approximate surface area is 141 Å². The lowest BCUT2D eigenvalue weighted by Gasteiger charge is -2.26. The van der Waals surface area contributed by atoms with E-state index < -0.39 is 15.0 Å². The van der Waals surface area contributed by atoms with E-state index in [-0.39, 0.29) is 6.79 Å². The first-order valence-corrected chi connectivity index (χ1v) is 8.77. The van der Waals surface area contributed by atoms with Crippen LogP contribution in [0.1, 0.15) is 0 Å². The van der Waals surface area contributed by atoms with Crippen LogP contribution in [0.4, 0.5) is 0 Å². The van der Waals surface area contributed by atoms with Crippen LogP contribution in [-0.4, -0.2) is 28.9 Å². The van der Waals surface area contributed by atoms with Gasteiger partial charge in [0, 0.05) is 13.2 Å². The van der Waals surface area contributed by atoms with Crippen molar-refractivity contribution in [1.82, 2.24) is 0 Å². The van der Waals surface area contributed by atoms with Crippen LogP contribution in [0.3, 0.4) is 0 Å². The highest BCUT2D eigenvalue weighted by Gasteiger charge is 2.51. The predicted octanol–water partition coefficient (Wildman–Crippen LogP) is 2.93. The number of ether oxygens (including phenoxy) is 1. The summed E-state index contributed by atoms with van der Waals surface area (Å²) in [5, 5.41) is 0. The summed E-state index contributed by atoms with van der Waals surface area (Å²) in [5.41, 5.74) is 0. The monoisotopic (exact) mass is 346 g/mol. The predicted molar refractivity (Wildman–Crippen MR) is 89.1 cm³/mol. The van der Waals surface area contributed by atoms with Gasteiger partial charge < -0.3 is 18.0 Å². The molecule has 6 nitrogen and oxygen atoms in total. The lowest BCUT2D eigenvalue weighted by Crippen LogP contribution is -2.54. The largest absolute Gasteiger partial charge is 0.823 e. The maximum atomic E-state index is 11.2. The van der Waals surface area contributed by atoms with Crippen LogP contribution < -0.4 is 8.85 Å². The zero-order chi connectivity index (χ0) is 17.3. The third-order valence-electron chi connectivity index (χ3n) is 2.83. The van der Waals surface area contributed by atoms with Crippen molar-refractivity contribution < 1.29 is 27.2 Å². The van der Waals surface area contributed by atoms with Crippen LogP contribution in [-0.2, 0) is 18.4 Å². The van der Waals surface area contributed by atoms with Crippen LogP contribution >= 0.6 is 0 Å². The van der Waals surface area contributed by atoms with Crippen LogP contribution in [0.5, 0.6) is 11.5 Å². The van der Waals surface area contributed by atoms with Crippen LogP contribution in [0.15, 0.2) is 73.3 Å². The molecule has 0 spiro atoms. The fourth-order valence-electron chi connectivity index (χ4n) is 1.71. The summed E-state index contributed by atoms with van der Waals surface area (Å²) in [5.74, 6) is 0.405. The average Bonchev–Trinajstić information content (AvgIpc) is 2.63. The Kier molecular flexibility index (Phi) is 6.56. The molecule has 0 amide bonds. The van der Waals surface area contributed by atoms with Gasteiger partial charge >= 0.3 is 15.0 Å². The highest BCUT2D eigenvalue weighted by atomic mass is 28.4. The number of carbonyl (C=O) groups is 1. The molecular weight excluding hydrogens is 328 g/mol. The van der Waals surface area contributed by atoms with Gasteiger partial charge in [-0.3, -0.25) is 4.43 Å². The van der Waals surface area contributed by atoms with Gasteiger partial charge in [0.25, 0.3) is 0 Å². The Morgan fingerprint density at radius 1 is 1.00 bits per heavy atom. The normalized spacial score (nSPS) is 10.7. The van der Waals surface area contributed by atoms with Gasteiger partial charge in [0.05, 0.1) is 0 Å². The van der Waals surface area contributed by atoms with E-state index in [1.54, 1.807) is 24.3 Å². The number of benzene rings is 2. The molecule has 2 rings (SSSR count). The molecule has 0 unspecified atom stereocenters. The molecular formula is C17H18O6Si. The molecule has 0 atom stereocenters. The molecule has 0 bridgehead atoms. The van der Waals surface area contributed by atoms with Crippen molar-refractivity contribution in [2.45, 2.75) is 0 Å². The molecule has 0 saturated carbocycles. The van der Waals surface area contributed by atoms with Crippen molar-refractivity contribution in [3.63, 3.8) is 0 Å². The van der Waals surface area contributed by atoms with Gasteiger partial charge in [0.1, 0.15) is 11.5 Å². The van der Waals surface area contributed by atoms with Gasteiger partial charge in [-0.2, -0.15) is 0 Å². The number of hydrogen-bond donors (Lipinski definition) is 0. The second-order valence-corrected chi connectivity index (χ2v) is 6.57. The van der Waals surface area contributed by atoms with E-state index in [2.05, 4.69) is 6.58 Å². The highest BCUT2D eigenvalue weighted by molar-refractivity contribution is 6.55. The number of carbonyl (C=O) groups excluding carboxylic acids is 1. The van der Waals surface area contributed by atoms with E-state index in [4.69, 9.17) is 22.4 Å². The molecule has 126 valence electrons. The second-order valence-electron chi connectivity index (χ2n) is 4.46. The van der Waals surface area contributed by atoms with Gasteiger partial charge in [-0.05, 0) is 24.3 Å². The minimum Gasteiger partial charge on any atom is -0.471 e. The molecule has 0 aliphatic heterocycles. The molecule has 24 heavy (non-hydrogen) atoms. The maximum Gasteiger partial charge on any atom is 0.823 e. The molecule has 0 heterocycles. The lowest BCUT2D eigenvalue weighted by atomic mass is 10.3. The molecule has 0 N–H and O–H groups in total. The number of hydrogen-bond acceptors (Lipinski definition) is 6. The van der Waals surface area contributed by atoms with E-state index in [9.17, 15) is 4.79 Å². The molecule has 0 aliphatic carbocycles. The number of esters is 1. The first-order chi connectivity index (χ1) is 11.7. The molecule has 0 saturated heterocycles. The SMILES string of the molecule is C=CC(=O)OCO[Si](OC)(Oc1ccccc1)Oc1ccccc1. The second kappa shape index (κ2) is 8.87. The van der Waals surface area contributed by atoms with Gasteiger partial charge in [-0.15, -0.1) is 0 Å². The van der Waals surface area contributed by atoms with E-state index in [0.29, 0.717) is 11.5 Å². The fourth-order valence-corrected chi connectivity index (χ4v) is 3.20. The Morgan fingerprint density at radius 2 is 1.50 bits per heavy atom. The lowest BCUT2D eigenvalue weighted by molar-refractivity contribution is -0.147. The summed E-state index contributed by atoms with van der Waals surface area (Å²) in [4.78, 5) is 11.2. The molecule has 2 aromatic carbocycles.